The molecule has 0 aliphatic heterocycles. The van der Waals surface area contributed by atoms with Crippen LogP contribution in [0.1, 0.15) is 18.9 Å². The maximum atomic E-state index is 12.7. The number of aliphatic hydroxyl groups is 1. The Morgan fingerprint density at radius 1 is 1.00 bits per heavy atom. The van der Waals surface area contributed by atoms with Crippen molar-refractivity contribution in [2.24, 2.45) is 0 Å². The van der Waals surface area contributed by atoms with Crippen molar-refractivity contribution < 1.29 is 33.2 Å². The number of alkyl carbamates (subject to hydrolysis) is 1. The minimum absolute atomic E-state index is 0.0170. The van der Waals surface area contributed by atoms with E-state index in [1.807, 2.05) is 6.07 Å². The van der Waals surface area contributed by atoms with Crippen LogP contribution in [0.5, 0.6) is 0 Å². The molecule has 9 nitrogen and oxygen atoms in total. The molecule has 0 aromatic heterocycles. The van der Waals surface area contributed by atoms with Crippen molar-refractivity contribution in [2.45, 2.75) is 43.0 Å². The Labute approximate surface area is 194 Å². The minimum atomic E-state index is -1.39. The second kappa shape index (κ2) is 13.3. The average molecular weight is 477 g/mol. The summed E-state index contributed by atoms with van der Waals surface area (Å²) >= 11 is 0. The standard InChI is InChI=1S/C23H28N2O7S/c1-16(26)20(25-23(29)32-15-17-9-5-3-6-10-17)21(27)24-19(22(28)31-2)13-14-33(30)18-11-7-4-8-12-18/h3-12,16,19-20,26H,13-15H2,1-2H3,(H,24,27)(H,25,29)/t16-,19+,20+,33-/m1/s1. The van der Waals surface area contributed by atoms with Crippen molar-refractivity contribution in [2.75, 3.05) is 12.9 Å². The molecule has 0 heterocycles. The summed E-state index contributed by atoms with van der Waals surface area (Å²) in [7, 11) is -0.217. The average Bonchev–Trinajstić information content (AvgIpc) is 2.83. The summed E-state index contributed by atoms with van der Waals surface area (Å²) in [5, 5.41) is 14.8. The highest BCUT2D eigenvalue weighted by Gasteiger charge is 2.31. The number of ether oxygens (including phenoxy) is 2. The maximum Gasteiger partial charge on any atom is 0.408 e. The van der Waals surface area contributed by atoms with Gasteiger partial charge in [0.15, 0.2) is 0 Å². The third-order valence-electron chi connectivity index (χ3n) is 4.65. The largest absolute Gasteiger partial charge is 0.467 e. The molecule has 2 aromatic rings. The van der Waals surface area contributed by atoms with Crippen molar-refractivity contribution in [3.05, 3.63) is 66.2 Å². The van der Waals surface area contributed by atoms with Gasteiger partial charge in [0.2, 0.25) is 5.91 Å². The molecule has 2 amide bonds. The lowest BCUT2D eigenvalue weighted by Crippen LogP contribution is -2.56. The summed E-state index contributed by atoms with van der Waals surface area (Å²) in [6.07, 6.45) is -2.14. The van der Waals surface area contributed by atoms with Crippen LogP contribution >= 0.6 is 0 Å². The molecule has 0 saturated heterocycles. The SMILES string of the molecule is COC(=O)[C@H](CC[S@@](=O)c1ccccc1)NC(=O)[C@@H](NC(=O)OCc1ccccc1)[C@@H](C)O. The fraction of sp³-hybridized carbons (Fsp3) is 0.348. The van der Waals surface area contributed by atoms with Gasteiger partial charge in [0.1, 0.15) is 18.7 Å². The molecule has 2 aromatic carbocycles. The van der Waals surface area contributed by atoms with Gasteiger partial charge in [-0.05, 0) is 31.0 Å². The molecule has 4 atom stereocenters. The Hall–Kier alpha value is -3.24. The van der Waals surface area contributed by atoms with E-state index in [-0.39, 0.29) is 18.8 Å². The van der Waals surface area contributed by atoms with E-state index in [0.717, 1.165) is 5.56 Å². The summed E-state index contributed by atoms with van der Waals surface area (Å²) < 4.78 is 22.3. The number of benzene rings is 2. The van der Waals surface area contributed by atoms with E-state index in [1.165, 1.54) is 14.0 Å². The quantitative estimate of drug-likeness (QED) is 0.419. The number of esters is 1. The number of rotatable bonds is 11. The monoisotopic (exact) mass is 476 g/mol. The van der Waals surface area contributed by atoms with Gasteiger partial charge in [-0.1, -0.05) is 48.5 Å². The van der Waals surface area contributed by atoms with Gasteiger partial charge in [0, 0.05) is 10.6 Å². The van der Waals surface area contributed by atoms with Crippen molar-refractivity contribution in [3.8, 4) is 0 Å². The van der Waals surface area contributed by atoms with E-state index in [4.69, 9.17) is 9.47 Å². The smallest absolute Gasteiger partial charge is 0.408 e. The third kappa shape index (κ3) is 8.66. The molecule has 10 heteroatoms. The van der Waals surface area contributed by atoms with Crippen molar-refractivity contribution in [3.63, 3.8) is 0 Å². The summed E-state index contributed by atoms with van der Waals surface area (Å²) in [6.45, 7) is 1.30. The Morgan fingerprint density at radius 3 is 2.18 bits per heavy atom. The zero-order valence-electron chi connectivity index (χ0n) is 18.4. The predicted octanol–water partition coefficient (Wildman–Crippen LogP) is 1.52. The van der Waals surface area contributed by atoms with Gasteiger partial charge in [-0.3, -0.25) is 9.00 Å². The first-order chi connectivity index (χ1) is 15.8. The van der Waals surface area contributed by atoms with Gasteiger partial charge >= 0.3 is 12.1 Å². The number of methoxy groups -OCH3 is 1. The normalized spacial score (nSPS) is 14.3. The van der Waals surface area contributed by atoms with Gasteiger partial charge in [-0.25, -0.2) is 9.59 Å². The minimum Gasteiger partial charge on any atom is -0.467 e. The van der Waals surface area contributed by atoms with E-state index in [9.17, 15) is 23.7 Å². The van der Waals surface area contributed by atoms with Crippen LogP contribution in [0.25, 0.3) is 0 Å². The lowest BCUT2D eigenvalue weighted by Gasteiger charge is -2.23. The van der Waals surface area contributed by atoms with Crippen molar-refractivity contribution in [1.82, 2.24) is 10.6 Å². The van der Waals surface area contributed by atoms with Crippen LogP contribution in [0.4, 0.5) is 4.79 Å². The molecule has 2 rings (SSSR count). The van der Waals surface area contributed by atoms with E-state index >= 15 is 0 Å². The highest BCUT2D eigenvalue weighted by atomic mass is 32.2. The summed E-state index contributed by atoms with van der Waals surface area (Å²) in [4.78, 5) is 37.6. The fourth-order valence-electron chi connectivity index (χ4n) is 2.86. The van der Waals surface area contributed by atoms with Crippen molar-refractivity contribution >= 4 is 28.8 Å². The molecule has 0 unspecified atom stereocenters. The first-order valence-electron chi connectivity index (χ1n) is 10.3. The topological polar surface area (TPSA) is 131 Å². The molecule has 0 aliphatic carbocycles. The van der Waals surface area contributed by atoms with Crippen LogP contribution in [0.2, 0.25) is 0 Å². The molecular weight excluding hydrogens is 448 g/mol. The van der Waals surface area contributed by atoms with Crippen LogP contribution in [0.15, 0.2) is 65.6 Å². The fourth-order valence-corrected chi connectivity index (χ4v) is 4.01. The van der Waals surface area contributed by atoms with Gasteiger partial charge in [0.25, 0.3) is 0 Å². The molecule has 3 N–H and O–H groups in total. The molecule has 0 bridgehead atoms. The summed E-state index contributed by atoms with van der Waals surface area (Å²) in [5.74, 6) is -1.44. The van der Waals surface area contributed by atoms with E-state index < -0.39 is 47.0 Å². The molecule has 0 aliphatic rings. The highest BCUT2D eigenvalue weighted by Crippen LogP contribution is 2.09. The molecule has 0 spiro atoms. The zero-order valence-corrected chi connectivity index (χ0v) is 19.2. The molecule has 0 saturated carbocycles. The molecular formula is C23H28N2O7S. The molecule has 33 heavy (non-hydrogen) atoms. The first-order valence-corrected chi connectivity index (χ1v) is 11.6. The number of carbonyl (C=O) groups is 3. The van der Waals surface area contributed by atoms with Gasteiger partial charge in [0.05, 0.1) is 24.0 Å². The first kappa shape index (κ1) is 26.0. The Kier molecular flexibility index (Phi) is 10.5. The Bertz CT molecular complexity index is 938. The number of hydrogen-bond acceptors (Lipinski definition) is 7. The van der Waals surface area contributed by atoms with Crippen molar-refractivity contribution in [1.29, 1.82) is 0 Å². The Balaban J connectivity index is 1.96. The number of aliphatic hydroxyl groups excluding tert-OH is 1. The van der Waals surface area contributed by atoms with Crippen LogP contribution in [-0.4, -0.2) is 58.3 Å². The molecule has 0 fully saturated rings. The van der Waals surface area contributed by atoms with Crippen LogP contribution in [-0.2, 0) is 36.5 Å². The van der Waals surface area contributed by atoms with E-state index in [0.29, 0.717) is 4.90 Å². The second-order valence-corrected chi connectivity index (χ2v) is 8.73. The van der Waals surface area contributed by atoms with Crippen LogP contribution < -0.4 is 10.6 Å². The van der Waals surface area contributed by atoms with E-state index in [1.54, 1.807) is 54.6 Å². The number of carbonyl (C=O) groups excluding carboxylic acids is 3. The third-order valence-corrected chi connectivity index (χ3v) is 6.06. The predicted molar refractivity (Wildman–Crippen MR) is 122 cm³/mol. The lowest BCUT2D eigenvalue weighted by atomic mass is 10.1. The van der Waals surface area contributed by atoms with Crippen LogP contribution in [0.3, 0.4) is 0 Å². The summed E-state index contributed by atoms with van der Waals surface area (Å²) in [6, 6.07) is 15.2. The number of hydrogen-bond donors (Lipinski definition) is 3. The van der Waals surface area contributed by atoms with Gasteiger partial charge in [-0.2, -0.15) is 0 Å². The maximum absolute atomic E-state index is 12.7. The second-order valence-electron chi connectivity index (χ2n) is 7.16. The number of nitrogens with one attached hydrogen (secondary N) is 2. The van der Waals surface area contributed by atoms with E-state index in [2.05, 4.69) is 10.6 Å². The molecule has 0 radical (unpaired) electrons. The lowest BCUT2D eigenvalue weighted by molar-refractivity contribution is -0.145. The zero-order chi connectivity index (χ0) is 24.2. The summed E-state index contributed by atoms with van der Waals surface area (Å²) in [5.41, 5.74) is 0.753. The van der Waals surface area contributed by atoms with Crippen LogP contribution in [0, 0.1) is 0 Å². The van der Waals surface area contributed by atoms with Gasteiger partial charge in [-0.15, -0.1) is 0 Å². The highest BCUT2D eigenvalue weighted by molar-refractivity contribution is 7.85. The number of amides is 2. The molecule has 178 valence electrons. The van der Waals surface area contributed by atoms with Gasteiger partial charge < -0.3 is 25.2 Å². The Morgan fingerprint density at radius 2 is 1.61 bits per heavy atom.